The third-order valence-electron chi connectivity index (χ3n) is 2.65. The Morgan fingerprint density at radius 1 is 1.11 bits per heavy atom. The Bertz CT molecular complexity index is 331. The molecule has 1 atom stereocenters. The van der Waals surface area contributed by atoms with Crippen LogP contribution in [-0.2, 0) is 14.2 Å². The van der Waals surface area contributed by atoms with Crippen LogP contribution in [0, 0.1) is 6.92 Å². The van der Waals surface area contributed by atoms with E-state index in [2.05, 4.69) is 53.8 Å². The summed E-state index contributed by atoms with van der Waals surface area (Å²) in [6.45, 7) is 4.60. The fourth-order valence-electron chi connectivity index (χ4n) is 1.66. The minimum Gasteiger partial charge on any atom is -0.382 e. The highest BCUT2D eigenvalue weighted by Gasteiger charge is 2.12. The number of halogens is 1. The lowest BCUT2D eigenvalue weighted by Crippen LogP contribution is -2.13. The smallest absolute Gasteiger partial charge is 0.0917 e. The van der Waals surface area contributed by atoms with Crippen LogP contribution in [0.3, 0.4) is 0 Å². The lowest BCUT2D eigenvalue weighted by atomic mass is 10.0. The molecule has 0 bridgehead atoms. The molecule has 0 fully saturated rings. The van der Waals surface area contributed by atoms with Crippen LogP contribution < -0.4 is 0 Å². The summed E-state index contributed by atoms with van der Waals surface area (Å²) in [5, 5.41) is 0. The Hall–Kier alpha value is -0.170. The zero-order valence-electron chi connectivity index (χ0n) is 11.0. The van der Waals surface area contributed by atoms with E-state index in [9.17, 15) is 0 Å². The summed E-state index contributed by atoms with van der Waals surface area (Å²) in [6, 6.07) is 8.36. The molecule has 1 rings (SSSR count). The molecule has 3 nitrogen and oxygen atoms in total. The van der Waals surface area contributed by atoms with Crippen molar-refractivity contribution >= 4 is 22.6 Å². The second kappa shape index (κ2) is 9.72. The van der Waals surface area contributed by atoms with Gasteiger partial charge in [-0.1, -0.05) is 46.9 Å². The molecule has 0 aliphatic carbocycles. The molecule has 1 aromatic rings. The van der Waals surface area contributed by atoms with Gasteiger partial charge in [0.25, 0.3) is 0 Å². The molecular formula is C14H21IO3. The first-order valence-electron chi connectivity index (χ1n) is 6.09. The zero-order valence-corrected chi connectivity index (χ0v) is 13.2. The minimum absolute atomic E-state index is 0.151. The molecule has 18 heavy (non-hydrogen) atoms. The fraction of sp³-hybridized carbons (Fsp3) is 0.571. The van der Waals surface area contributed by atoms with Crippen LogP contribution in [0.25, 0.3) is 0 Å². The van der Waals surface area contributed by atoms with Gasteiger partial charge in [0.2, 0.25) is 0 Å². The van der Waals surface area contributed by atoms with Crippen molar-refractivity contribution in [2.75, 3.05) is 38.0 Å². The van der Waals surface area contributed by atoms with Crippen molar-refractivity contribution in [3.05, 3.63) is 35.4 Å². The molecule has 0 aliphatic heterocycles. The third-order valence-corrected chi connectivity index (χ3v) is 3.45. The highest BCUT2D eigenvalue weighted by atomic mass is 127. The number of ether oxygens (including phenoxy) is 3. The number of alkyl halides is 1. The van der Waals surface area contributed by atoms with Crippen LogP contribution in [0.1, 0.15) is 17.2 Å². The molecule has 0 spiro atoms. The minimum atomic E-state index is 0.151. The number of methoxy groups -OCH3 is 1. The molecule has 0 heterocycles. The Morgan fingerprint density at radius 2 is 1.83 bits per heavy atom. The van der Waals surface area contributed by atoms with E-state index in [-0.39, 0.29) is 6.10 Å². The summed E-state index contributed by atoms with van der Waals surface area (Å²) in [6.07, 6.45) is 0.151. The normalized spacial score (nSPS) is 12.6. The van der Waals surface area contributed by atoms with Crippen molar-refractivity contribution in [3.8, 4) is 0 Å². The van der Waals surface area contributed by atoms with Crippen molar-refractivity contribution in [1.82, 2.24) is 0 Å². The first-order valence-corrected chi connectivity index (χ1v) is 7.62. The number of hydrogen-bond acceptors (Lipinski definition) is 3. The summed E-state index contributed by atoms with van der Waals surface area (Å²) in [4.78, 5) is 0. The van der Waals surface area contributed by atoms with E-state index in [1.54, 1.807) is 7.11 Å². The first-order chi connectivity index (χ1) is 8.79. The molecule has 0 aliphatic rings. The Labute approximate surface area is 123 Å². The van der Waals surface area contributed by atoms with Gasteiger partial charge in [0.05, 0.1) is 32.5 Å². The Balaban J connectivity index is 2.32. The number of hydrogen-bond donors (Lipinski definition) is 0. The van der Waals surface area contributed by atoms with Gasteiger partial charge in [-0.05, 0) is 18.1 Å². The standard InChI is InChI=1S/C14H21IO3/c1-12-5-3-4-6-13(12)14(11-15)18-10-9-17-8-7-16-2/h3-6,14H,7-11H2,1-2H3. The molecule has 0 N–H and O–H groups in total. The van der Waals surface area contributed by atoms with Crippen molar-refractivity contribution < 1.29 is 14.2 Å². The molecule has 0 amide bonds. The maximum atomic E-state index is 5.87. The Morgan fingerprint density at radius 3 is 2.50 bits per heavy atom. The van der Waals surface area contributed by atoms with E-state index in [0.717, 1.165) is 4.43 Å². The van der Waals surface area contributed by atoms with E-state index in [1.165, 1.54) is 11.1 Å². The van der Waals surface area contributed by atoms with Gasteiger partial charge in [-0.2, -0.15) is 0 Å². The van der Waals surface area contributed by atoms with Crippen molar-refractivity contribution in [2.24, 2.45) is 0 Å². The first kappa shape index (κ1) is 15.9. The maximum absolute atomic E-state index is 5.87. The topological polar surface area (TPSA) is 27.7 Å². The van der Waals surface area contributed by atoms with Crippen LogP contribution in [0.5, 0.6) is 0 Å². The SMILES string of the molecule is COCCOCCOC(CI)c1ccccc1C. The van der Waals surface area contributed by atoms with Crippen LogP contribution in [0.2, 0.25) is 0 Å². The summed E-state index contributed by atoms with van der Waals surface area (Å²) in [7, 11) is 1.67. The quantitative estimate of drug-likeness (QED) is 0.383. The van der Waals surface area contributed by atoms with Gasteiger partial charge in [-0.3, -0.25) is 0 Å². The maximum Gasteiger partial charge on any atom is 0.0917 e. The van der Waals surface area contributed by atoms with Crippen LogP contribution in [0.15, 0.2) is 24.3 Å². The highest BCUT2D eigenvalue weighted by Crippen LogP contribution is 2.22. The molecule has 0 saturated heterocycles. The molecule has 4 heteroatoms. The summed E-state index contributed by atoms with van der Waals surface area (Å²) in [5.74, 6) is 0. The predicted octanol–water partition coefficient (Wildman–Crippen LogP) is 3.15. The lowest BCUT2D eigenvalue weighted by Gasteiger charge is -2.18. The molecule has 1 unspecified atom stereocenters. The van der Waals surface area contributed by atoms with Gasteiger partial charge in [0.1, 0.15) is 0 Å². The summed E-state index contributed by atoms with van der Waals surface area (Å²) in [5.41, 5.74) is 2.54. The van der Waals surface area contributed by atoms with Gasteiger partial charge < -0.3 is 14.2 Å². The van der Waals surface area contributed by atoms with Crippen LogP contribution >= 0.6 is 22.6 Å². The van der Waals surface area contributed by atoms with E-state index in [1.807, 2.05) is 0 Å². The van der Waals surface area contributed by atoms with Crippen molar-refractivity contribution in [1.29, 1.82) is 0 Å². The van der Waals surface area contributed by atoms with E-state index in [4.69, 9.17) is 14.2 Å². The Kier molecular flexibility index (Phi) is 8.58. The monoisotopic (exact) mass is 364 g/mol. The van der Waals surface area contributed by atoms with E-state index >= 15 is 0 Å². The zero-order chi connectivity index (χ0) is 13.2. The highest BCUT2D eigenvalue weighted by molar-refractivity contribution is 14.1. The fourth-order valence-corrected chi connectivity index (χ4v) is 2.39. The third kappa shape index (κ3) is 5.65. The van der Waals surface area contributed by atoms with Gasteiger partial charge in [-0.15, -0.1) is 0 Å². The number of rotatable bonds is 9. The van der Waals surface area contributed by atoms with Crippen LogP contribution in [0.4, 0.5) is 0 Å². The van der Waals surface area contributed by atoms with Crippen molar-refractivity contribution in [3.63, 3.8) is 0 Å². The molecule has 0 saturated carbocycles. The van der Waals surface area contributed by atoms with Crippen molar-refractivity contribution in [2.45, 2.75) is 13.0 Å². The van der Waals surface area contributed by atoms with E-state index in [0.29, 0.717) is 26.4 Å². The number of benzene rings is 1. The van der Waals surface area contributed by atoms with Gasteiger partial charge in [0, 0.05) is 11.5 Å². The van der Waals surface area contributed by atoms with Gasteiger partial charge in [-0.25, -0.2) is 0 Å². The molecule has 0 aromatic heterocycles. The average Bonchev–Trinajstić information content (AvgIpc) is 2.39. The average molecular weight is 364 g/mol. The van der Waals surface area contributed by atoms with Gasteiger partial charge >= 0.3 is 0 Å². The number of aryl methyl sites for hydroxylation is 1. The van der Waals surface area contributed by atoms with Crippen LogP contribution in [-0.4, -0.2) is 38.0 Å². The molecule has 0 radical (unpaired) electrons. The second-order valence-electron chi connectivity index (χ2n) is 3.98. The summed E-state index contributed by atoms with van der Waals surface area (Å²) < 4.78 is 17.1. The van der Waals surface area contributed by atoms with E-state index < -0.39 is 0 Å². The largest absolute Gasteiger partial charge is 0.382 e. The second-order valence-corrected chi connectivity index (χ2v) is 4.86. The van der Waals surface area contributed by atoms with Gasteiger partial charge in [0.15, 0.2) is 0 Å². The lowest BCUT2D eigenvalue weighted by molar-refractivity contribution is 0.00106. The molecule has 102 valence electrons. The predicted molar refractivity (Wildman–Crippen MR) is 81.5 cm³/mol. The summed E-state index contributed by atoms with van der Waals surface area (Å²) >= 11 is 2.36. The molecule has 1 aromatic carbocycles. The molecular weight excluding hydrogens is 343 g/mol.